The summed E-state index contributed by atoms with van der Waals surface area (Å²) in [6, 6.07) is 15.7. The van der Waals surface area contributed by atoms with Crippen LogP contribution in [-0.4, -0.2) is 42.1 Å². The van der Waals surface area contributed by atoms with Crippen LogP contribution in [0.4, 0.5) is 0 Å². The van der Waals surface area contributed by atoms with E-state index in [0.717, 1.165) is 25.9 Å². The van der Waals surface area contributed by atoms with Gasteiger partial charge in [-0.15, -0.1) is 0 Å². The van der Waals surface area contributed by atoms with Gasteiger partial charge in [-0.05, 0) is 49.9 Å². The molecule has 0 bridgehead atoms. The van der Waals surface area contributed by atoms with Gasteiger partial charge in [0.1, 0.15) is 0 Å². The summed E-state index contributed by atoms with van der Waals surface area (Å²) in [4.78, 5) is 14.8. The summed E-state index contributed by atoms with van der Waals surface area (Å²) in [6.07, 6.45) is 2.15. The lowest BCUT2D eigenvalue weighted by Crippen LogP contribution is -2.54. The molecular weight excluding hydrogens is 336 g/mol. The number of nitrogens with one attached hydrogen (secondary N) is 1. The first kappa shape index (κ1) is 18.5. The molecule has 2 fully saturated rings. The van der Waals surface area contributed by atoms with Gasteiger partial charge in [-0.3, -0.25) is 4.79 Å². The van der Waals surface area contributed by atoms with Crippen molar-refractivity contribution in [3.8, 4) is 0 Å². The van der Waals surface area contributed by atoms with E-state index in [9.17, 15) is 4.79 Å². The molecule has 4 heteroatoms. The third kappa shape index (κ3) is 3.87. The van der Waals surface area contributed by atoms with Crippen molar-refractivity contribution in [1.82, 2.24) is 10.2 Å². The molecule has 2 aliphatic rings. The fourth-order valence-electron chi connectivity index (χ4n) is 4.64. The van der Waals surface area contributed by atoms with Crippen molar-refractivity contribution in [2.45, 2.75) is 57.9 Å². The summed E-state index contributed by atoms with van der Waals surface area (Å²) in [6.45, 7) is 7.77. The highest BCUT2D eigenvalue weighted by molar-refractivity contribution is 5.86. The summed E-state index contributed by atoms with van der Waals surface area (Å²) in [7, 11) is 0. The Kier molecular flexibility index (Phi) is 5.20. The first-order valence-corrected chi connectivity index (χ1v) is 10.2. The summed E-state index contributed by atoms with van der Waals surface area (Å²) in [5, 5.41) is 6.32. The maximum atomic E-state index is 12.8. The molecule has 1 aliphatic carbocycles. The van der Waals surface area contributed by atoms with Crippen molar-refractivity contribution < 1.29 is 9.53 Å². The predicted molar refractivity (Wildman–Crippen MR) is 109 cm³/mol. The van der Waals surface area contributed by atoms with Crippen molar-refractivity contribution >= 4 is 16.7 Å². The maximum absolute atomic E-state index is 12.8. The zero-order valence-electron chi connectivity index (χ0n) is 16.5. The number of hydrogen-bond acceptors (Lipinski definition) is 3. The number of morpholine rings is 1. The molecule has 1 N–H and O–H groups in total. The van der Waals surface area contributed by atoms with E-state index >= 15 is 0 Å². The Morgan fingerprint density at radius 3 is 2.48 bits per heavy atom. The summed E-state index contributed by atoms with van der Waals surface area (Å²) in [5.74, 6) is 0.479. The molecule has 1 amide bonds. The van der Waals surface area contributed by atoms with Crippen molar-refractivity contribution in [2.75, 3.05) is 13.1 Å². The Balaban J connectivity index is 1.34. The third-order valence-electron chi connectivity index (χ3n) is 5.99. The molecule has 27 heavy (non-hydrogen) atoms. The molecular formula is C23H30N2O2. The number of carbonyl (C=O) groups excluding carboxylic acids is 1. The van der Waals surface area contributed by atoms with Crippen LogP contribution in [0.3, 0.4) is 0 Å². The van der Waals surface area contributed by atoms with Crippen molar-refractivity contribution in [3.63, 3.8) is 0 Å². The molecule has 2 aromatic rings. The average Bonchev–Trinajstić information content (AvgIpc) is 2.62. The van der Waals surface area contributed by atoms with Crippen LogP contribution in [0.1, 0.15) is 45.2 Å². The number of ether oxygens (including phenoxy) is 1. The van der Waals surface area contributed by atoms with Crippen LogP contribution in [0.5, 0.6) is 0 Å². The Hall–Kier alpha value is -1.91. The summed E-state index contributed by atoms with van der Waals surface area (Å²) >= 11 is 0. The number of rotatable bonds is 4. The lowest BCUT2D eigenvalue weighted by Gasteiger charge is -2.42. The fraction of sp³-hybridized carbons (Fsp3) is 0.522. The molecule has 0 aromatic heterocycles. The van der Waals surface area contributed by atoms with E-state index in [0.29, 0.717) is 11.9 Å². The predicted octanol–water partition coefficient (Wildman–Crippen LogP) is 3.90. The van der Waals surface area contributed by atoms with Gasteiger partial charge in [-0.1, -0.05) is 42.5 Å². The molecule has 1 saturated heterocycles. The van der Waals surface area contributed by atoms with E-state index in [1.54, 1.807) is 0 Å². The van der Waals surface area contributed by atoms with Crippen LogP contribution in [0.2, 0.25) is 0 Å². The van der Waals surface area contributed by atoms with Gasteiger partial charge in [0.2, 0.25) is 5.91 Å². The molecule has 2 unspecified atom stereocenters. The van der Waals surface area contributed by atoms with Gasteiger partial charge in [-0.25, -0.2) is 0 Å². The van der Waals surface area contributed by atoms with E-state index < -0.39 is 0 Å². The van der Waals surface area contributed by atoms with Crippen LogP contribution in [-0.2, 0) is 9.53 Å². The quantitative estimate of drug-likeness (QED) is 0.892. The molecule has 1 aliphatic heterocycles. The topological polar surface area (TPSA) is 41.6 Å². The van der Waals surface area contributed by atoms with Crippen molar-refractivity contribution in [2.24, 2.45) is 5.92 Å². The molecule has 0 spiro atoms. The fourth-order valence-corrected chi connectivity index (χ4v) is 4.64. The van der Waals surface area contributed by atoms with Crippen LogP contribution in [0.25, 0.3) is 10.8 Å². The zero-order chi connectivity index (χ0) is 19.0. The number of carbonyl (C=O) groups is 1. The van der Waals surface area contributed by atoms with Gasteiger partial charge in [0.05, 0.1) is 12.2 Å². The molecule has 3 atom stereocenters. The number of benzene rings is 2. The Morgan fingerprint density at radius 1 is 1.07 bits per heavy atom. The zero-order valence-corrected chi connectivity index (χ0v) is 16.5. The van der Waals surface area contributed by atoms with E-state index in [2.05, 4.69) is 54.7 Å². The molecule has 2 aromatic carbocycles. The lowest BCUT2D eigenvalue weighted by atomic mass is 9.78. The van der Waals surface area contributed by atoms with E-state index in [4.69, 9.17) is 4.74 Å². The standard InChI is InChI=1S/C23H30N2O2/c1-15-13-25(14-16(2)27-15)23(26)19-11-20(12-19)24-17(3)21-10-6-8-18-7-4-5-9-22(18)21/h4-10,15-17,19-20,24H,11-14H2,1-3H3/t15?,16?,17-,19?,20?/m1/s1. The Labute approximate surface area is 161 Å². The van der Waals surface area contributed by atoms with Gasteiger partial charge in [0.25, 0.3) is 0 Å². The molecule has 4 nitrogen and oxygen atoms in total. The van der Waals surface area contributed by atoms with E-state index in [1.165, 1.54) is 16.3 Å². The normalized spacial score (nSPS) is 29.4. The molecule has 0 radical (unpaired) electrons. The number of hydrogen-bond donors (Lipinski definition) is 1. The van der Waals surface area contributed by atoms with E-state index in [-0.39, 0.29) is 24.2 Å². The number of fused-ring (bicyclic) bond motifs is 1. The Morgan fingerprint density at radius 2 is 1.74 bits per heavy atom. The number of amides is 1. The van der Waals surface area contributed by atoms with Gasteiger partial charge in [0.15, 0.2) is 0 Å². The largest absolute Gasteiger partial charge is 0.372 e. The first-order valence-electron chi connectivity index (χ1n) is 10.2. The molecule has 144 valence electrons. The number of nitrogens with zero attached hydrogens (tertiary/aromatic N) is 1. The molecule has 4 rings (SSSR count). The minimum atomic E-state index is 0.137. The summed E-state index contributed by atoms with van der Waals surface area (Å²) in [5.41, 5.74) is 1.33. The van der Waals surface area contributed by atoms with Crippen molar-refractivity contribution in [3.05, 3.63) is 48.0 Å². The smallest absolute Gasteiger partial charge is 0.225 e. The molecule has 1 heterocycles. The second-order valence-electron chi connectivity index (χ2n) is 8.32. The van der Waals surface area contributed by atoms with Gasteiger partial charge in [0, 0.05) is 31.1 Å². The minimum absolute atomic E-state index is 0.137. The highest BCUT2D eigenvalue weighted by Crippen LogP contribution is 2.33. The second kappa shape index (κ2) is 7.61. The van der Waals surface area contributed by atoms with Crippen molar-refractivity contribution in [1.29, 1.82) is 0 Å². The monoisotopic (exact) mass is 366 g/mol. The van der Waals surface area contributed by atoms with Crippen LogP contribution < -0.4 is 5.32 Å². The minimum Gasteiger partial charge on any atom is -0.372 e. The lowest BCUT2D eigenvalue weighted by molar-refractivity contribution is -0.150. The van der Waals surface area contributed by atoms with Crippen LogP contribution in [0, 0.1) is 5.92 Å². The van der Waals surface area contributed by atoms with Gasteiger partial charge < -0.3 is 15.0 Å². The first-order chi connectivity index (χ1) is 13.0. The third-order valence-corrected chi connectivity index (χ3v) is 5.99. The SMILES string of the molecule is CC1CN(C(=O)C2CC(N[C@H](C)c3cccc4ccccc34)C2)CC(C)O1. The van der Waals surface area contributed by atoms with Gasteiger partial charge in [-0.2, -0.15) is 0 Å². The average molecular weight is 367 g/mol. The van der Waals surface area contributed by atoms with E-state index in [1.807, 2.05) is 18.7 Å². The highest BCUT2D eigenvalue weighted by atomic mass is 16.5. The molecule has 1 saturated carbocycles. The summed E-state index contributed by atoms with van der Waals surface area (Å²) < 4.78 is 5.75. The maximum Gasteiger partial charge on any atom is 0.225 e. The van der Waals surface area contributed by atoms with Crippen LogP contribution >= 0.6 is 0 Å². The Bertz CT molecular complexity index is 800. The van der Waals surface area contributed by atoms with Gasteiger partial charge >= 0.3 is 0 Å². The van der Waals surface area contributed by atoms with Crippen LogP contribution in [0.15, 0.2) is 42.5 Å². The second-order valence-corrected chi connectivity index (χ2v) is 8.32. The highest BCUT2D eigenvalue weighted by Gasteiger charge is 2.39.